The second-order valence-corrected chi connectivity index (χ2v) is 5.95. The third-order valence-corrected chi connectivity index (χ3v) is 4.39. The maximum atomic E-state index is 12.4. The topological polar surface area (TPSA) is 87.4 Å². The Balaban J connectivity index is 1.76. The van der Waals surface area contributed by atoms with Gasteiger partial charge < -0.3 is 15.5 Å². The number of carbonyl (C=O) groups excluding carboxylic acids is 1. The molecular weight excluding hydrogens is 294 g/mol. The van der Waals surface area contributed by atoms with Crippen molar-refractivity contribution in [1.82, 2.24) is 15.1 Å². The van der Waals surface area contributed by atoms with Crippen LogP contribution in [0.3, 0.4) is 0 Å². The maximum absolute atomic E-state index is 12.4. The van der Waals surface area contributed by atoms with Crippen molar-refractivity contribution < 1.29 is 15.0 Å². The molecule has 0 aliphatic heterocycles. The molecule has 122 valence electrons. The lowest BCUT2D eigenvalue weighted by Gasteiger charge is -2.30. The standard InChI is InChI=1S/C17H21N3O3/c21-11-12-6-4-5-9-14(12)18-17(23)16-15(22)10-20(19-16)13-7-2-1-3-8-13/h1-3,7-8,10,12,14,21-22H,4-6,9,11H2,(H,18,23). The number of benzene rings is 1. The largest absolute Gasteiger partial charge is 0.504 e. The predicted molar refractivity (Wildman–Crippen MR) is 85.5 cm³/mol. The van der Waals surface area contributed by atoms with Gasteiger partial charge in [-0.05, 0) is 25.0 Å². The Morgan fingerprint density at radius 2 is 2.00 bits per heavy atom. The average Bonchev–Trinajstić information content (AvgIpc) is 2.98. The summed E-state index contributed by atoms with van der Waals surface area (Å²) < 4.78 is 1.48. The number of rotatable bonds is 4. The number of nitrogens with zero attached hydrogens (tertiary/aromatic N) is 2. The van der Waals surface area contributed by atoms with Gasteiger partial charge in [0.1, 0.15) is 0 Å². The van der Waals surface area contributed by atoms with Gasteiger partial charge in [-0.3, -0.25) is 4.79 Å². The molecule has 0 saturated heterocycles. The molecule has 2 unspecified atom stereocenters. The molecule has 3 N–H and O–H groups in total. The van der Waals surface area contributed by atoms with Gasteiger partial charge in [-0.2, -0.15) is 5.10 Å². The molecular formula is C17H21N3O3. The summed E-state index contributed by atoms with van der Waals surface area (Å²) in [6.07, 6.45) is 5.29. The van der Waals surface area contributed by atoms with Gasteiger partial charge in [0.25, 0.3) is 5.91 Å². The van der Waals surface area contributed by atoms with Crippen LogP contribution in [0.4, 0.5) is 0 Å². The number of hydrogen-bond donors (Lipinski definition) is 3. The molecule has 2 atom stereocenters. The lowest BCUT2D eigenvalue weighted by atomic mass is 9.85. The maximum Gasteiger partial charge on any atom is 0.275 e. The third kappa shape index (κ3) is 3.37. The molecule has 2 aromatic rings. The van der Waals surface area contributed by atoms with Crippen molar-refractivity contribution in [1.29, 1.82) is 0 Å². The Morgan fingerprint density at radius 1 is 1.26 bits per heavy atom. The summed E-state index contributed by atoms with van der Waals surface area (Å²) in [4.78, 5) is 12.4. The van der Waals surface area contributed by atoms with E-state index in [1.807, 2.05) is 30.3 Å². The van der Waals surface area contributed by atoms with Crippen LogP contribution in [-0.4, -0.2) is 38.5 Å². The first-order chi connectivity index (χ1) is 11.2. The summed E-state index contributed by atoms with van der Waals surface area (Å²) >= 11 is 0. The number of aromatic nitrogens is 2. The van der Waals surface area contributed by atoms with E-state index in [0.717, 1.165) is 31.4 Å². The zero-order valence-corrected chi connectivity index (χ0v) is 12.9. The second-order valence-electron chi connectivity index (χ2n) is 5.95. The van der Waals surface area contributed by atoms with E-state index in [9.17, 15) is 15.0 Å². The molecule has 1 aromatic carbocycles. The molecule has 1 amide bonds. The zero-order valence-electron chi connectivity index (χ0n) is 12.9. The normalized spacial score (nSPS) is 21.1. The van der Waals surface area contributed by atoms with E-state index in [1.165, 1.54) is 10.9 Å². The highest BCUT2D eigenvalue weighted by Crippen LogP contribution is 2.25. The Kier molecular flexibility index (Phi) is 4.62. The zero-order chi connectivity index (χ0) is 16.2. The van der Waals surface area contributed by atoms with E-state index >= 15 is 0 Å². The van der Waals surface area contributed by atoms with Crippen LogP contribution in [0.25, 0.3) is 5.69 Å². The lowest BCUT2D eigenvalue weighted by molar-refractivity contribution is 0.0864. The van der Waals surface area contributed by atoms with Gasteiger partial charge >= 0.3 is 0 Å². The molecule has 0 radical (unpaired) electrons. The van der Waals surface area contributed by atoms with Gasteiger partial charge in [0.15, 0.2) is 11.4 Å². The number of carbonyl (C=O) groups is 1. The van der Waals surface area contributed by atoms with Crippen LogP contribution in [-0.2, 0) is 0 Å². The molecule has 0 bridgehead atoms. The van der Waals surface area contributed by atoms with Crippen LogP contribution in [0.2, 0.25) is 0 Å². The van der Waals surface area contributed by atoms with Crippen LogP contribution >= 0.6 is 0 Å². The van der Waals surface area contributed by atoms with E-state index in [0.29, 0.717) is 0 Å². The number of aliphatic hydroxyl groups excluding tert-OH is 1. The van der Waals surface area contributed by atoms with Crippen LogP contribution in [0, 0.1) is 5.92 Å². The van der Waals surface area contributed by atoms with Crippen molar-refractivity contribution in [3.63, 3.8) is 0 Å². The van der Waals surface area contributed by atoms with Crippen LogP contribution in [0.1, 0.15) is 36.2 Å². The Morgan fingerprint density at radius 3 is 2.74 bits per heavy atom. The van der Waals surface area contributed by atoms with Crippen molar-refractivity contribution in [3.05, 3.63) is 42.2 Å². The molecule has 6 nitrogen and oxygen atoms in total. The minimum absolute atomic E-state index is 0.0103. The summed E-state index contributed by atoms with van der Waals surface area (Å²) in [6.45, 7) is 0.0649. The van der Waals surface area contributed by atoms with E-state index in [4.69, 9.17) is 0 Å². The van der Waals surface area contributed by atoms with Gasteiger partial charge in [0.05, 0.1) is 11.9 Å². The Hall–Kier alpha value is -2.34. The first-order valence-electron chi connectivity index (χ1n) is 7.95. The fourth-order valence-electron chi connectivity index (χ4n) is 3.09. The third-order valence-electron chi connectivity index (χ3n) is 4.39. The van der Waals surface area contributed by atoms with Gasteiger partial charge in [-0.25, -0.2) is 4.68 Å². The van der Waals surface area contributed by atoms with Crippen LogP contribution in [0.15, 0.2) is 36.5 Å². The molecule has 1 aliphatic rings. The molecule has 3 rings (SSSR count). The Labute approximate surface area is 134 Å². The minimum Gasteiger partial charge on any atom is -0.504 e. The second kappa shape index (κ2) is 6.83. The molecule has 1 saturated carbocycles. The van der Waals surface area contributed by atoms with E-state index in [-0.39, 0.29) is 30.0 Å². The molecule has 6 heteroatoms. The monoisotopic (exact) mass is 315 g/mol. The van der Waals surface area contributed by atoms with E-state index < -0.39 is 5.91 Å². The minimum atomic E-state index is -0.400. The molecule has 23 heavy (non-hydrogen) atoms. The number of amides is 1. The summed E-state index contributed by atoms with van der Waals surface area (Å²) in [7, 11) is 0. The molecule has 0 spiro atoms. The highest BCUT2D eigenvalue weighted by atomic mass is 16.3. The predicted octanol–water partition coefficient (Wildman–Crippen LogP) is 1.86. The molecule has 1 aliphatic carbocycles. The van der Waals surface area contributed by atoms with E-state index in [2.05, 4.69) is 10.4 Å². The highest BCUT2D eigenvalue weighted by molar-refractivity contribution is 5.95. The van der Waals surface area contributed by atoms with Crippen molar-refractivity contribution >= 4 is 5.91 Å². The van der Waals surface area contributed by atoms with Crippen LogP contribution in [0.5, 0.6) is 5.75 Å². The van der Waals surface area contributed by atoms with Crippen molar-refractivity contribution in [2.75, 3.05) is 6.61 Å². The van der Waals surface area contributed by atoms with Gasteiger partial charge in [0, 0.05) is 18.6 Å². The highest BCUT2D eigenvalue weighted by Gasteiger charge is 2.28. The molecule has 1 heterocycles. The van der Waals surface area contributed by atoms with Crippen LogP contribution < -0.4 is 5.32 Å². The SMILES string of the molecule is O=C(NC1CCCCC1CO)c1nn(-c2ccccc2)cc1O. The number of hydrogen-bond acceptors (Lipinski definition) is 4. The first kappa shape index (κ1) is 15.6. The number of aliphatic hydroxyl groups is 1. The summed E-state index contributed by atoms with van der Waals surface area (Å²) in [6, 6.07) is 9.23. The fraction of sp³-hybridized carbons (Fsp3) is 0.412. The average molecular weight is 315 g/mol. The van der Waals surface area contributed by atoms with Gasteiger partial charge in [-0.15, -0.1) is 0 Å². The number of nitrogens with one attached hydrogen (secondary N) is 1. The first-order valence-corrected chi connectivity index (χ1v) is 7.95. The van der Waals surface area contributed by atoms with E-state index in [1.54, 1.807) is 0 Å². The Bertz CT molecular complexity index is 669. The molecule has 1 fully saturated rings. The number of para-hydroxylation sites is 1. The summed E-state index contributed by atoms with van der Waals surface area (Å²) in [5.41, 5.74) is 0.781. The summed E-state index contributed by atoms with van der Waals surface area (Å²) in [5.74, 6) is -0.476. The number of aromatic hydroxyl groups is 1. The smallest absolute Gasteiger partial charge is 0.275 e. The molecule has 1 aromatic heterocycles. The van der Waals surface area contributed by atoms with Crippen molar-refractivity contribution in [3.8, 4) is 11.4 Å². The summed E-state index contributed by atoms with van der Waals surface area (Å²) in [5, 5.41) is 26.5. The lowest BCUT2D eigenvalue weighted by Crippen LogP contribution is -2.43. The van der Waals surface area contributed by atoms with Gasteiger partial charge in [-0.1, -0.05) is 31.0 Å². The van der Waals surface area contributed by atoms with Gasteiger partial charge in [0.2, 0.25) is 0 Å². The fourth-order valence-corrected chi connectivity index (χ4v) is 3.09. The van der Waals surface area contributed by atoms with Crippen molar-refractivity contribution in [2.45, 2.75) is 31.7 Å². The van der Waals surface area contributed by atoms with Crippen molar-refractivity contribution in [2.24, 2.45) is 5.92 Å². The quantitative estimate of drug-likeness (QED) is 0.803.